The summed E-state index contributed by atoms with van der Waals surface area (Å²) in [6.07, 6.45) is 23.4. The summed E-state index contributed by atoms with van der Waals surface area (Å²) in [5, 5.41) is 26.1. The number of hydrogen-bond acceptors (Lipinski definition) is 12. The average molecular weight is 1120 g/mol. The van der Waals surface area contributed by atoms with Crippen LogP contribution in [0.15, 0.2) is 228 Å². The summed E-state index contributed by atoms with van der Waals surface area (Å²) in [4.78, 5) is 10.0. The molecule has 0 radical (unpaired) electrons. The third-order valence-electron chi connectivity index (χ3n) is 15.3. The van der Waals surface area contributed by atoms with Crippen LogP contribution in [0.1, 0.15) is 63.6 Å². The molecule has 3 unspecified atom stereocenters. The minimum absolute atomic E-state index is 0.180. The fourth-order valence-electron chi connectivity index (χ4n) is 10.5. The number of hydrazone groups is 1. The van der Waals surface area contributed by atoms with Crippen molar-refractivity contribution in [3.05, 3.63) is 235 Å². The molecule has 16 nitrogen and oxygen atoms in total. The Kier molecular flexibility index (Phi) is 15.1. The number of aryl methyl sites for hydroxylation is 1. The van der Waals surface area contributed by atoms with Crippen molar-refractivity contribution in [1.82, 2.24) is 39.7 Å². The van der Waals surface area contributed by atoms with E-state index in [1.54, 1.807) is 7.11 Å². The molecule has 3 N–H and O–H groups in total. The number of methoxy groups -OCH3 is 1. The van der Waals surface area contributed by atoms with Crippen molar-refractivity contribution in [2.45, 2.75) is 78.8 Å². The first-order chi connectivity index (χ1) is 40.8. The summed E-state index contributed by atoms with van der Waals surface area (Å²) in [5.41, 5.74) is 16.7. The second kappa shape index (κ2) is 23.3. The Hall–Kier alpha value is -10.2. The van der Waals surface area contributed by atoms with Gasteiger partial charge in [0, 0.05) is 63.9 Å². The number of fused-ring (bicyclic) bond motifs is 2. The van der Waals surface area contributed by atoms with Crippen LogP contribution in [-0.4, -0.2) is 65.0 Å². The molecule has 0 fully saturated rings. The van der Waals surface area contributed by atoms with Gasteiger partial charge < -0.3 is 19.5 Å². The number of aliphatic imine (C=N–C) groups is 1. The number of anilines is 3. The van der Waals surface area contributed by atoms with Gasteiger partial charge in [-0.25, -0.2) is 9.51 Å². The van der Waals surface area contributed by atoms with Gasteiger partial charge in [0.1, 0.15) is 35.4 Å². The molecule has 4 aromatic carbocycles. The van der Waals surface area contributed by atoms with Crippen LogP contribution >= 0.6 is 0 Å². The van der Waals surface area contributed by atoms with Gasteiger partial charge in [0.15, 0.2) is 5.65 Å². The lowest BCUT2D eigenvalue weighted by Gasteiger charge is -2.32. The first-order valence-corrected chi connectivity index (χ1v) is 28.3. The summed E-state index contributed by atoms with van der Waals surface area (Å²) in [6, 6.07) is 42.9. The normalized spacial score (nSPS) is 18.5. The number of aromatic nitrogens is 6. The van der Waals surface area contributed by atoms with Gasteiger partial charge in [0.2, 0.25) is 18.3 Å². The van der Waals surface area contributed by atoms with Crippen molar-refractivity contribution in [3.63, 3.8) is 0 Å². The summed E-state index contributed by atoms with van der Waals surface area (Å²) >= 11 is 0. The predicted octanol–water partition coefficient (Wildman–Crippen LogP) is 13.5. The zero-order chi connectivity index (χ0) is 57.9. The van der Waals surface area contributed by atoms with Gasteiger partial charge in [-0.1, -0.05) is 68.1 Å². The number of nitrogens with one attached hydrogen (secondary N) is 3. The van der Waals surface area contributed by atoms with Gasteiger partial charge in [-0.15, -0.1) is 9.61 Å². The van der Waals surface area contributed by atoms with Gasteiger partial charge in [-0.05, 0) is 179 Å². The highest BCUT2D eigenvalue weighted by atomic mass is 16.5. The van der Waals surface area contributed by atoms with Crippen LogP contribution in [0.2, 0.25) is 0 Å². The number of allylic oxidation sites excluding steroid dienone is 8. The minimum Gasteiger partial charge on any atom is -0.497 e. The molecule has 4 aromatic heterocycles. The molecule has 8 aromatic rings. The van der Waals surface area contributed by atoms with E-state index in [0.717, 1.165) is 104 Å². The Labute approximate surface area is 489 Å². The Morgan fingerprint density at radius 3 is 2.23 bits per heavy atom. The Morgan fingerprint density at radius 2 is 1.54 bits per heavy atom. The maximum absolute atomic E-state index is 6.66. The Bertz CT molecular complexity index is 4070. The van der Waals surface area contributed by atoms with Crippen molar-refractivity contribution >= 4 is 46.6 Å². The topological polar surface area (TPSA) is 146 Å². The number of ether oxygens (including phenoxy) is 3. The van der Waals surface area contributed by atoms with E-state index in [1.165, 1.54) is 0 Å². The lowest BCUT2D eigenvalue weighted by Crippen LogP contribution is -2.44. The van der Waals surface area contributed by atoms with Crippen LogP contribution < -0.4 is 34.8 Å². The molecule has 12 rings (SSSR count). The number of pyridine rings is 2. The highest BCUT2D eigenvalue weighted by Crippen LogP contribution is 2.33. The fourth-order valence-corrected chi connectivity index (χ4v) is 10.5. The molecule has 0 spiro atoms. The molecule has 4 aliphatic rings. The zero-order valence-corrected chi connectivity index (χ0v) is 48.2. The third-order valence-corrected chi connectivity index (χ3v) is 15.3. The second-order valence-corrected chi connectivity index (χ2v) is 21.9. The standard InChI is InChI=1S/C68H68N13O3/c1-45(2)64(70-55-14-9-12-47(4)42-55)74-79-48(5)13-10-15-60(79)50-22-31-58(32-23-50)83-43-53-26-35-62(81-65(53)72-66(75-81)71-54-27-18-46(3)19-28-54)52-24-33-59(34-25-52)84-44-77-63-17-11-16-61(51-20-29-57(82-8)30-21-51)80(63)76-67(77)73-68(7)39-36-56(37-40-68)78-49(6)38-41-69-78/h9-37,39,41,47,49H,1,5,38,40,42-44H2,2-4,6-8H3,(H,70,74)(H,71,75)(H,73,76)/q+1. The second-order valence-electron chi connectivity index (χ2n) is 21.9. The van der Waals surface area contributed by atoms with Gasteiger partial charge in [0.25, 0.3) is 0 Å². The first kappa shape index (κ1) is 54.4. The zero-order valence-electron chi connectivity index (χ0n) is 48.2. The lowest BCUT2D eigenvalue weighted by molar-refractivity contribution is -0.688. The number of nitrogens with zero attached hydrogens (tertiary/aromatic N) is 10. The van der Waals surface area contributed by atoms with Crippen LogP contribution in [0.5, 0.6) is 17.2 Å². The highest BCUT2D eigenvalue weighted by Gasteiger charge is 2.33. The number of benzene rings is 4. The van der Waals surface area contributed by atoms with Gasteiger partial charge in [-0.3, -0.25) is 20.8 Å². The maximum Gasteiger partial charge on any atom is 0.382 e. The molecule has 3 atom stereocenters. The predicted molar refractivity (Wildman–Crippen MR) is 334 cm³/mol. The SMILES string of the molecule is C=C(C)C(=NC1=CC=CC(C)C1)NN1C(=C)C=CC=C1c1ccc(OCc2ccc(-c3ccc(OC[n+]4c(NC5(C)C=CC(N6N=CCC6C)=CC5)nn5c(-c6ccc(OC)cc6)cccc54)cc3)n3nc(Nc4ccc(C)cc4)nc23)cc1. The van der Waals surface area contributed by atoms with E-state index < -0.39 is 5.54 Å². The van der Waals surface area contributed by atoms with E-state index >= 15 is 0 Å². The summed E-state index contributed by atoms with van der Waals surface area (Å²) in [5.74, 6) is 4.39. The van der Waals surface area contributed by atoms with E-state index in [2.05, 4.69) is 151 Å². The molecule has 2 aliphatic carbocycles. The maximum atomic E-state index is 6.66. The van der Waals surface area contributed by atoms with Crippen LogP contribution in [0.3, 0.4) is 0 Å². The molecule has 84 heavy (non-hydrogen) atoms. The smallest absolute Gasteiger partial charge is 0.382 e. The number of amidine groups is 1. The number of hydrogen-bond donors (Lipinski definition) is 3. The van der Waals surface area contributed by atoms with E-state index in [1.807, 2.05) is 130 Å². The van der Waals surface area contributed by atoms with Crippen molar-refractivity contribution in [2.24, 2.45) is 16.0 Å². The van der Waals surface area contributed by atoms with E-state index in [9.17, 15) is 0 Å². The van der Waals surface area contributed by atoms with Crippen molar-refractivity contribution < 1.29 is 18.8 Å². The van der Waals surface area contributed by atoms with Crippen LogP contribution in [-0.2, 0) is 13.3 Å². The summed E-state index contributed by atoms with van der Waals surface area (Å²) in [7, 11) is 1.67. The lowest BCUT2D eigenvalue weighted by atomic mass is 9.92. The summed E-state index contributed by atoms with van der Waals surface area (Å²) in [6.45, 7) is 19.6. The van der Waals surface area contributed by atoms with Crippen LogP contribution in [0.4, 0.5) is 17.6 Å². The molecule has 0 saturated heterocycles. The van der Waals surface area contributed by atoms with Crippen LogP contribution in [0, 0.1) is 12.8 Å². The van der Waals surface area contributed by atoms with Crippen molar-refractivity contribution in [2.75, 3.05) is 17.7 Å². The molecular weight excluding hydrogens is 1050 g/mol. The van der Waals surface area contributed by atoms with E-state index in [4.69, 9.17) is 34.4 Å². The largest absolute Gasteiger partial charge is 0.497 e. The van der Waals surface area contributed by atoms with Crippen LogP contribution in [0.25, 0.3) is 39.5 Å². The van der Waals surface area contributed by atoms with Gasteiger partial charge >= 0.3 is 5.95 Å². The Balaban J connectivity index is 0.788. The van der Waals surface area contributed by atoms with Gasteiger partial charge in [0.05, 0.1) is 41.5 Å². The van der Waals surface area contributed by atoms with Crippen molar-refractivity contribution in [3.8, 4) is 39.8 Å². The highest BCUT2D eigenvalue weighted by molar-refractivity contribution is 5.98. The van der Waals surface area contributed by atoms with Crippen molar-refractivity contribution in [1.29, 1.82) is 0 Å². The Morgan fingerprint density at radius 1 is 0.810 bits per heavy atom. The number of rotatable bonds is 18. The first-order valence-electron chi connectivity index (χ1n) is 28.3. The molecule has 0 amide bonds. The fraction of sp³-hybridized carbons (Fsp3) is 0.206. The quantitative estimate of drug-likeness (QED) is 0.0429. The molecule has 422 valence electrons. The number of hydrazine groups is 1. The van der Waals surface area contributed by atoms with E-state index in [0.29, 0.717) is 46.8 Å². The molecule has 0 bridgehead atoms. The summed E-state index contributed by atoms with van der Waals surface area (Å²) < 4.78 is 24.6. The monoisotopic (exact) mass is 1110 g/mol. The molecule has 16 heteroatoms. The minimum atomic E-state index is -0.438. The molecule has 6 heterocycles. The molecule has 2 aliphatic heterocycles. The van der Waals surface area contributed by atoms with Gasteiger partial charge in [-0.2, -0.15) is 14.7 Å². The third kappa shape index (κ3) is 11.6. The average Bonchev–Trinajstić information content (AvgIpc) is 2.94. The molecule has 0 saturated carbocycles. The van der Waals surface area contributed by atoms with E-state index in [-0.39, 0.29) is 13.3 Å². The molecular formula is C68H68N13O3+.